The molecule has 0 unspecified atom stereocenters. The summed E-state index contributed by atoms with van der Waals surface area (Å²) in [4.78, 5) is 26.7. The van der Waals surface area contributed by atoms with Gasteiger partial charge in [0.05, 0.1) is 10.6 Å². The van der Waals surface area contributed by atoms with Gasteiger partial charge in [0.25, 0.3) is 0 Å². The van der Waals surface area contributed by atoms with Crippen molar-refractivity contribution in [2.24, 2.45) is 0 Å². The third-order valence-corrected chi connectivity index (χ3v) is 7.95. The Kier molecular flexibility index (Phi) is 6.24. The zero-order valence-corrected chi connectivity index (χ0v) is 19.0. The van der Waals surface area contributed by atoms with Crippen molar-refractivity contribution in [2.45, 2.75) is 43.5 Å². The number of halogens is 2. The van der Waals surface area contributed by atoms with E-state index in [1.807, 2.05) is 0 Å². The first-order valence-corrected chi connectivity index (χ1v) is 12.2. The van der Waals surface area contributed by atoms with Crippen LogP contribution in [0.3, 0.4) is 0 Å². The third kappa shape index (κ3) is 4.24. The largest absolute Gasteiger partial charge is 0.322 e. The Morgan fingerprint density at radius 1 is 1.09 bits per heavy atom. The second-order valence-corrected chi connectivity index (χ2v) is 10.4. The van der Waals surface area contributed by atoms with Crippen LogP contribution in [0.2, 0.25) is 5.02 Å². The maximum atomic E-state index is 14.1. The van der Waals surface area contributed by atoms with Crippen molar-refractivity contribution in [1.82, 2.24) is 4.31 Å². The first kappa shape index (κ1) is 22.7. The first-order chi connectivity index (χ1) is 15.2. The van der Waals surface area contributed by atoms with Crippen LogP contribution < -0.4 is 10.2 Å². The van der Waals surface area contributed by atoms with Crippen LogP contribution in [0.5, 0.6) is 0 Å². The zero-order valence-electron chi connectivity index (χ0n) is 17.5. The zero-order chi connectivity index (χ0) is 23.0. The number of hydrogen-bond donors (Lipinski definition) is 1. The maximum absolute atomic E-state index is 14.1. The average Bonchev–Trinajstić information content (AvgIpc) is 3.15. The minimum absolute atomic E-state index is 0.0489. The number of nitrogens with zero attached hydrogens (tertiary/aromatic N) is 2. The van der Waals surface area contributed by atoms with Crippen molar-refractivity contribution in [3.05, 3.63) is 52.8 Å². The van der Waals surface area contributed by atoms with Crippen LogP contribution in [0.1, 0.15) is 31.7 Å². The molecule has 1 saturated heterocycles. The summed E-state index contributed by atoms with van der Waals surface area (Å²) >= 11 is 5.76. The Hall–Kier alpha value is -2.49. The quantitative estimate of drug-likeness (QED) is 0.726. The smallest absolute Gasteiger partial charge is 0.247 e. The van der Waals surface area contributed by atoms with E-state index in [2.05, 4.69) is 5.32 Å². The van der Waals surface area contributed by atoms with E-state index in [4.69, 9.17) is 11.6 Å². The standard InChI is InChI=1S/C22H23ClFN3O4S/c1-14(28)27-20-8-6-17(32(30,31)26-9-3-2-4-10-26)11-15(20)12-21(27)22(29)25-19-7-5-16(23)13-18(19)24/h5-8,11,13,21H,2-4,9-10,12H2,1H3,(H,25,29)/t21-/m1/s1. The molecule has 2 amide bonds. The minimum Gasteiger partial charge on any atom is -0.322 e. The van der Waals surface area contributed by atoms with Crippen LogP contribution in [-0.4, -0.2) is 43.7 Å². The van der Waals surface area contributed by atoms with Gasteiger partial charge in [-0.25, -0.2) is 12.8 Å². The van der Waals surface area contributed by atoms with E-state index in [9.17, 15) is 22.4 Å². The van der Waals surface area contributed by atoms with Gasteiger partial charge in [-0.1, -0.05) is 18.0 Å². The molecule has 2 aromatic carbocycles. The number of sulfonamides is 1. The predicted octanol–water partition coefficient (Wildman–Crippen LogP) is 3.57. The number of anilines is 2. The molecule has 32 heavy (non-hydrogen) atoms. The average molecular weight is 480 g/mol. The molecule has 4 rings (SSSR count). The van der Waals surface area contributed by atoms with E-state index in [1.54, 1.807) is 6.07 Å². The molecule has 2 aliphatic rings. The van der Waals surface area contributed by atoms with Crippen LogP contribution in [0.25, 0.3) is 0 Å². The second-order valence-electron chi connectivity index (χ2n) is 7.98. The van der Waals surface area contributed by atoms with Crippen molar-refractivity contribution >= 4 is 44.8 Å². The Morgan fingerprint density at radius 3 is 2.47 bits per heavy atom. The number of hydrogen-bond acceptors (Lipinski definition) is 4. The number of nitrogens with one attached hydrogen (secondary N) is 1. The lowest BCUT2D eigenvalue weighted by atomic mass is 10.1. The monoisotopic (exact) mass is 479 g/mol. The van der Waals surface area contributed by atoms with Gasteiger partial charge in [-0.2, -0.15) is 4.31 Å². The summed E-state index contributed by atoms with van der Waals surface area (Å²) in [6, 6.07) is 7.52. The van der Waals surface area contributed by atoms with E-state index in [1.165, 1.54) is 40.4 Å². The fourth-order valence-electron chi connectivity index (χ4n) is 4.25. The Labute approximate surface area is 191 Å². The lowest BCUT2D eigenvalue weighted by Gasteiger charge is -2.26. The van der Waals surface area contributed by atoms with E-state index in [0.29, 0.717) is 24.3 Å². The third-order valence-electron chi connectivity index (χ3n) is 5.82. The van der Waals surface area contributed by atoms with Gasteiger partial charge in [-0.3, -0.25) is 14.5 Å². The number of carbonyl (C=O) groups is 2. The number of carbonyl (C=O) groups excluding carboxylic acids is 2. The highest BCUT2D eigenvalue weighted by Gasteiger charge is 2.38. The van der Waals surface area contributed by atoms with Crippen molar-refractivity contribution in [3.8, 4) is 0 Å². The Morgan fingerprint density at radius 2 is 1.81 bits per heavy atom. The van der Waals surface area contributed by atoms with Crippen LogP contribution in [0.15, 0.2) is 41.3 Å². The van der Waals surface area contributed by atoms with Gasteiger partial charge in [0.15, 0.2) is 0 Å². The van der Waals surface area contributed by atoms with Gasteiger partial charge < -0.3 is 5.32 Å². The number of amides is 2. The minimum atomic E-state index is -3.65. The Balaban J connectivity index is 1.61. The number of rotatable bonds is 4. The van der Waals surface area contributed by atoms with Gasteiger partial charge in [0.2, 0.25) is 21.8 Å². The molecule has 0 aromatic heterocycles. The maximum Gasteiger partial charge on any atom is 0.247 e. The van der Waals surface area contributed by atoms with Crippen LogP contribution in [0.4, 0.5) is 15.8 Å². The van der Waals surface area contributed by atoms with Gasteiger partial charge in [0, 0.05) is 37.1 Å². The molecule has 2 aliphatic heterocycles. The SMILES string of the molecule is CC(=O)N1c2ccc(S(=O)(=O)N3CCCCC3)cc2C[C@@H]1C(=O)Nc1ccc(Cl)cc1F. The molecular weight excluding hydrogens is 457 g/mol. The summed E-state index contributed by atoms with van der Waals surface area (Å²) in [5.41, 5.74) is 1.01. The van der Waals surface area contributed by atoms with Gasteiger partial charge in [-0.05, 0) is 54.8 Å². The number of benzene rings is 2. The second kappa shape index (κ2) is 8.80. The van der Waals surface area contributed by atoms with Crippen LogP contribution in [-0.2, 0) is 26.0 Å². The first-order valence-electron chi connectivity index (χ1n) is 10.4. The molecule has 0 radical (unpaired) electrons. The Bertz CT molecular complexity index is 1180. The summed E-state index contributed by atoms with van der Waals surface area (Å²) in [6.45, 7) is 2.30. The predicted molar refractivity (Wildman–Crippen MR) is 120 cm³/mol. The van der Waals surface area contributed by atoms with E-state index < -0.39 is 27.8 Å². The summed E-state index contributed by atoms with van der Waals surface area (Å²) in [5, 5.41) is 2.70. The van der Waals surface area contributed by atoms with Gasteiger partial charge in [-0.15, -0.1) is 0 Å². The molecule has 2 heterocycles. The molecule has 0 aliphatic carbocycles. The summed E-state index contributed by atoms with van der Waals surface area (Å²) in [6.07, 6.45) is 2.78. The molecule has 1 N–H and O–H groups in total. The highest BCUT2D eigenvalue weighted by molar-refractivity contribution is 7.89. The molecule has 1 atom stereocenters. The van der Waals surface area contributed by atoms with Crippen molar-refractivity contribution in [1.29, 1.82) is 0 Å². The van der Waals surface area contributed by atoms with Gasteiger partial charge in [0.1, 0.15) is 11.9 Å². The fraction of sp³-hybridized carbons (Fsp3) is 0.364. The van der Waals surface area contributed by atoms with Crippen molar-refractivity contribution in [2.75, 3.05) is 23.3 Å². The van der Waals surface area contributed by atoms with Gasteiger partial charge >= 0.3 is 0 Å². The van der Waals surface area contributed by atoms with E-state index in [0.717, 1.165) is 25.3 Å². The van der Waals surface area contributed by atoms with Crippen LogP contribution in [0, 0.1) is 5.82 Å². The molecule has 0 bridgehead atoms. The lowest BCUT2D eigenvalue weighted by molar-refractivity contribution is -0.122. The highest BCUT2D eigenvalue weighted by Crippen LogP contribution is 2.35. The fourth-order valence-corrected chi connectivity index (χ4v) is 5.98. The molecular formula is C22H23ClFN3O4S. The summed E-state index contributed by atoms with van der Waals surface area (Å²) in [5.74, 6) is -1.63. The molecule has 170 valence electrons. The highest BCUT2D eigenvalue weighted by atomic mass is 35.5. The number of piperidine rings is 1. The molecule has 1 fully saturated rings. The number of fused-ring (bicyclic) bond motifs is 1. The lowest BCUT2D eigenvalue weighted by Crippen LogP contribution is -2.44. The summed E-state index contributed by atoms with van der Waals surface area (Å²) < 4.78 is 41.7. The van der Waals surface area contributed by atoms with E-state index >= 15 is 0 Å². The molecule has 7 nitrogen and oxygen atoms in total. The molecule has 0 saturated carbocycles. The van der Waals surface area contributed by atoms with E-state index in [-0.39, 0.29) is 27.9 Å². The molecule has 0 spiro atoms. The molecule has 2 aromatic rings. The van der Waals surface area contributed by atoms with Crippen LogP contribution >= 0.6 is 11.6 Å². The normalized spacial score (nSPS) is 19.0. The topological polar surface area (TPSA) is 86.8 Å². The molecule has 10 heteroatoms. The van der Waals surface area contributed by atoms with Crippen molar-refractivity contribution in [3.63, 3.8) is 0 Å². The van der Waals surface area contributed by atoms with Crippen molar-refractivity contribution < 1.29 is 22.4 Å². The summed E-state index contributed by atoms with van der Waals surface area (Å²) in [7, 11) is -3.65.